The lowest BCUT2D eigenvalue weighted by molar-refractivity contribution is -0.132. The van der Waals surface area contributed by atoms with E-state index in [0.29, 0.717) is 12.5 Å². The highest BCUT2D eigenvalue weighted by molar-refractivity contribution is 5.89. The highest BCUT2D eigenvalue weighted by Gasteiger charge is 2.53. The zero-order valence-corrected chi connectivity index (χ0v) is 14.7. The van der Waals surface area contributed by atoms with Gasteiger partial charge in [-0.2, -0.15) is 0 Å². The zero-order chi connectivity index (χ0) is 17.0. The monoisotopic (exact) mass is 327 g/mol. The summed E-state index contributed by atoms with van der Waals surface area (Å²) in [6, 6.07) is 10.3. The molecule has 1 saturated heterocycles. The van der Waals surface area contributed by atoms with Crippen molar-refractivity contribution < 1.29 is 9.53 Å². The Morgan fingerprint density at radius 2 is 2.04 bits per heavy atom. The molecular weight excluding hydrogens is 298 g/mol. The number of nitrogens with one attached hydrogen (secondary N) is 1. The Hall–Kier alpha value is -1.61. The first-order valence-corrected chi connectivity index (χ1v) is 9.17. The van der Waals surface area contributed by atoms with E-state index in [1.54, 1.807) is 0 Å². The van der Waals surface area contributed by atoms with Crippen LogP contribution in [0, 0.1) is 11.3 Å². The Kier molecular flexibility index (Phi) is 5.09. The maximum absolute atomic E-state index is 13.5. The van der Waals surface area contributed by atoms with Gasteiger partial charge in [-0.3, -0.25) is 4.79 Å². The van der Waals surface area contributed by atoms with Gasteiger partial charge in [0.05, 0.1) is 5.41 Å². The summed E-state index contributed by atoms with van der Waals surface area (Å²) in [5.41, 5.74) is 0.194. The molecule has 130 valence electrons. The summed E-state index contributed by atoms with van der Waals surface area (Å²) in [6.07, 6.45) is 6.94. The topological polar surface area (TPSA) is 38.3 Å². The third-order valence-electron chi connectivity index (χ3n) is 5.93. The quantitative estimate of drug-likeness (QED) is 0.834. The van der Waals surface area contributed by atoms with Gasteiger partial charge in [-0.15, -0.1) is 6.58 Å². The van der Waals surface area contributed by atoms with Crippen LogP contribution in [0.1, 0.15) is 44.6 Å². The second-order valence-electron chi connectivity index (χ2n) is 7.51. The lowest BCUT2D eigenvalue weighted by Gasteiger charge is -2.47. The number of ether oxygens (including phenoxy) is 1. The molecule has 0 bridgehead atoms. The fraction of sp³-hybridized carbons (Fsp3) is 0.571. The van der Waals surface area contributed by atoms with Crippen molar-refractivity contribution in [1.29, 1.82) is 0 Å². The van der Waals surface area contributed by atoms with Crippen LogP contribution in [0.3, 0.4) is 0 Å². The molecule has 2 fully saturated rings. The van der Waals surface area contributed by atoms with Crippen molar-refractivity contribution in [2.45, 2.75) is 44.4 Å². The van der Waals surface area contributed by atoms with Gasteiger partial charge in [0.2, 0.25) is 5.91 Å². The molecule has 1 N–H and O–H groups in total. The molecule has 24 heavy (non-hydrogen) atoms. The highest BCUT2D eigenvalue weighted by atomic mass is 16.5. The molecule has 2 aliphatic rings. The second kappa shape index (κ2) is 7.10. The number of amides is 1. The molecule has 3 nitrogen and oxygen atoms in total. The molecule has 2 atom stereocenters. The van der Waals surface area contributed by atoms with Gasteiger partial charge < -0.3 is 10.1 Å². The Morgan fingerprint density at radius 3 is 2.71 bits per heavy atom. The van der Waals surface area contributed by atoms with E-state index in [0.717, 1.165) is 38.0 Å². The van der Waals surface area contributed by atoms with E-state index < -0.39 is 5.41 Å². The van der Waals surface area contributed by atoms with Crippen LogP contribution in [0.25, 0.3) is 0 Å². The van der Waals surface area contributed by atoms with Crippen LogP contribution in [0.5, 0.6) is 0 Å². The first kappa shape index (κ1) is 17.2. The lowest BCUT2D eigenvalue weighted by Crippen LogP contribution is -2.55. The summed E-state index contributed by atoms with van der Waals surface area (Å²) in [6.45, 7) is 8.46. The molecule has 3 heteroatoms. The molecule has 1 heterocycles. The Morgan fingerprint density at radius 1 is 1.29 bits per heavy atom. The van der Waals surface area contributed by atoms with E-state index in [1.807, 2.05) is 24.3 Å². The molecule has 0 radical (unpaired) electrons. The van der Waals surface area contributed by atoms with E-state index in [2.05, 4.69) is 31.0 Å². The number of rotatable bonds is 5. The molecule has 1 aromatic rings. The van der Waals surface area contributed by atoms with Crippen molar-refractivity contribution in [3.63, 3.8) is 0 Å². The summed E-state index contributed by atoms with van der Waals surface area (Å²) in [5.74, 6) is 0.832. The third-order valence-corrected chi connectivity index (χ3v) is 5.93. The maximum atomic E-state index is 13.5. The van der Waals surface area contributed by atoms with Crippen molar-refractivity contribution in [2.75, 3.05) is 19.8 Å². The predicted octanol–water partition coefficient (Wildman–Crippen LogP) is 3.84. The Bertz CT molecular complexity index is 581. The predicted molar refractivity (Wildman–Crippen MR) is 96.8 cm³/mol. The van der Waals surface area contributed by atoms with Crippen LogP contribution in [0.2, 0.25) is 0 Å². The van der Waals surface area contributed by atoms with Gasteiger partial charge in [-0.05, 0) is 43.6 Å². The minimum absolute atomic E-state index is 0.157. The summed E-state index contributed by atoms with van der Waals surface area (Å²) >= 11 is 0. The van der Waals surface area contributed by atoms with Crippen LogP contribution in [-0.4, -0.2) is 25.7 Å². The first-order valence-electron chi connectivity index (χ1n) is 9.17. The summed E-state index contributed by atoms with van der Waals surface area (Å²) in [5, 5.41) is 3.26. The van der Waals surface area contributed by atoms with Crippen molar-refractivity contribution in [1.82, 2.24) is 5.32 Å². The largest absolute Gasteiger partial charge is 0.381 e. The normalized spacial score (nSPS) is 30.9. The van der Waals surface area contributed by atoms with Gasteiger partial charge in [0.15, 0.2) is 0 Å². The van der Waals surface area contributed by atoms with E-state index in [1.165, 1.54) is 12.8 Å². The molecule has 1 aromatic carbocycles. The number of benzene rings is 1. The fourth-order valence-corrected chi connectivity index (χ4v) is 4.01. The maximum Gasteiger partial charge on any atom is 0.231 e. The second-order valence-corrected chi connectivity index (χ2v) is 7.51. The third kappa shape index (κ3) is 3.14. The van der Waals surface area contributed by atoms with E-state index >= 15 is 0 Å². The fourth-order valence-electron chi connectivity index (χ4n) is 4.01. The number of carbonyl (C=O) groups excluding carboxylic acids is 1. The van der Waals surface area contributed by atoms with E-state index in [4.69, 9.17) is 4.74 Å². The molecule has 2 unspecified atom stereocenters. The van der Waals surface area contributed by atoms with Gasteiger partial charge in [0, 0.05) is 25.2 Å². The Balaban J connectivity index is 2.03. The van der Waals surface area contributed by atoms with Crippen molar-refractivity contribution in [2.24, 2.45) is 11.3 Å². The number of allylic oxidation sites excluding steroid dienone is 1. The van der Waals surface area contributed by atoms with Gasteiger partial charge >= 0.3 is 0 Å². The van der Waals surface area contributed by atoms with Gasteiger partial charge in [-0.1, -0.05) is 43.3 Å². The van der Waals surface area contributed by atoms with Crippen molar-refractivity contribution >= 4 is 5.91 Å². The van der Waals surface area contributed by atoms with Crippen LogP contribution in [-0.2, 0) is 14.9 Å². The summed E-state index contributed by atoms with van der Waals surface area (Å²) in [7, 11) is 0. The smallest absolute Gasteiger partial charge is 0.231 e. The lowest BCUT2D eigenvalue weighted by atomic mass is 9.56. The van der Waals surface area contributed by atoms with Crippen LogP contribution in [0.4, 0.5) is 0 Å². The molecule has 3 rings (SSSR count). The van der Waals surface area contributed by atoms with E-state index in [9.17, 15) is 4.79 Å². The Labute approximate surface area is 145 Å². The minimum Gasteiger partial charge on any atom is -0.381 e. The standard InChI is InChI=1S/C21H29NO2/c1-3-20(2)13-15-24-14-7-12-21(20,18-8-5-4-6-9-18)19(23)22-16-17-10-11-17/h3-6,8-9,17H,1,7,10-16H2,2H3,(H,22,23). The minimum atomic E-state index is -0.575. The molecule has 0 spiro atoms. The molecule has 1 saturated carbocycles. The molecule has 1 aliphatic carbocycles. The first-order chi connectivity index (χ1) is 11.6. The zero-order valence-electron chi connectivity index (χ0n) is 14.7. The average Bonchev–Trinajstić information content (AvgIpc) is 3.42. The van der Waals surface area contributed by atoms with E-state index in [-0.39, 0.29) is 11.3 Å². The number of carbonyl (C=O) groups is 1. The summed E-state index contributed by atoms with van der Waals surface area (Å²) < 4.78 is 5.71. The molecule has 0 aromatic heterocycles. The molecule has 1 amide bonds. The van der Waals surface area contributed by atoms with Crippen LogP contribution >= 0.6 is 0 Å². The van der Waals surface area contributed by atoms with Gasteiger partial charge in [-0.25, -0.2) is 0 Å². The summed E-state index contributed by atoms with van der Waals surface area (Å²) in [4.78, 5) is 13.5. The van der Waals surface area contributed by atoms with Crippen molar-refractivity contribution in [3.05, 3.63) is 48.6 Å². The van der Waals surface area contributed by atoms with Gasteiger partial charge in [0.1, 0.15) is 0 Å². The highest BCUT2D eigenvalue weighted by Crippen LogP contribution is 2.50. The number of hydrogen-bond acceptors (Lipinski definition) is 2. The molecule has 1 aliphatic heterocycles. The van der Waals surface area contributed by atoms with Crippen molar-refractivity contribution in [3.8, 4) is 0 Å². The SMILES string of the molecule is C=CC1(C)CCOCCCC1(C(=O)NCC1CC1)c1ccccc1. The average molecular weight is 327 g/mol. The van der Waals surface area contributed by atoms with Crippen LogP contribution < -0.4 is 5.32 Å². The van der Waals surface area contributed by atoms with Gasteiger partial charge in [0.25, 0.3) is 0 Å². The molecular formula is C21H29NO2. The van der Waals surface area contributed by atoms with Crippen LogP contribution in [0.15, 0.2) is 43.0 Å². The number of hydrogen-bond donors (Lipinski definition) is 1.